The number of para-hydroxylation sites is 2. The van der Waals surface area contributed by atoms with Crippen LogP contribution in [0.3, 0.4) is 0 Å². The van der Waals surface area contributed by atoms with Gasteiger partial charge in [-0.15, -0.1) is 35.4 Å². The average molecular weight is 1190 g/mol. The first-order valence-electron chi connectivity index (χ1n) is 20.1. The predicted molar refractivity (Wildman–Crippen MR) is 259 cm³/mol. The maximum Gasteiger partial charge on any atom is 1.00 e. The summed E-state index contributed by atoms with van der Waals surface area (Å²) in [6, 6.07) is 62.2. The van der Waals surface area contributed by atoms with Crippen molar-refractivity contribution in [1.29, 1.82) is 0 Å². The van der Waals surface area contributed by atoms with Gasteiger partial charge < -0.3 is 22.0 Å². The summed E-state index contributed by atoms with van der Waals surface area (Å²) in [6.07, 6.45) is 24.0. The average Bonchev–Trinajstić information content (AvgIpc) is 3.77. The van der Waals surface area contributed by atoms with Crippen molar-refractivity contribution in [2.24, 2.45) is 14.1 Å². The Hall–Kier alpha value is -4.92. The fourth-order valence-electron chi connectivity index (χ4n) is 8.16. The Balaban J connectivity index is 0.000000159. The summed E-state index contributed by atoms with van der Waals surface area (Å²) in [5.41, 5.74) is 6.43. The molecule has 2 heterocycles. The molecule has 0 N–H and O–H groups in total. The topological polar surface area (TPSA) is 9.86 Å². The first kappa shape index (κ1) is 45.6. The molecule has 0 saturated heterocycles. The van der Waals surface area contributed by atoms with Crippen molar-refractivity contribution in [2.75, 3.05) is 5.90 Å². The number of nitrogens with zero attached hydrogens (tertiary/aromatic N) is 2. The molecule has 0 spiro atoms. The Labute approximate surface area is 394 Å². The van der Waals surface area contributed by atoms with Crippen LogP contribution in [-0.2, 0) is 58.9 Å². The largest absolute Gasteiger partial charge is 1.00 e. The molecule has 61 heavy (non-hydrogen) atoms. The summed E-state index contributed by atoms with van der Waals surface area (Å²) in [5.74, 6) is 6.14. The molecule has 6 heteroatoms. The molecule has 1 atom stereocenters. The van der Waals surface area contributed by atoms with Gasteiger partial charge in [0.25, 0.3) is 0 Å². The van der Waals surface area contributed by atoms with Crippen molar-refractivity contribution in [2.45, 2.75) is 12.8 Å². The number of fused-ring (bicyclic) bond motifs is 6. The third kappa shape index (κ3) is 10.2. The van der Waals surface area contributed by atoms with Crippen molar-refractivity contribution in [1.82, 2.24) is 9.13 Å². The van der Waals surface area contributed by atoms with Crippen molar-refractivity contribution in [3.05, 3.63) is 223 Å². The molecule has 0 amide bonds. The van der Waals surface area contributed by atoms with Gasteiger partial charge in [0.05, 0.1) is 5.31 Å². The number of aromatic nitrogens is 2. The van der Waals surface area contributed by atoms with Crippen molar-refractivity contribution in [3.8, 4) is 11.8 Å². The second-order valence-electron chi connectivity index (χ2n) is 14.7. The molecular formula is C55H46Au2N2P2+2. The molecule has 2 aromatic heterocycles. The second-order valence-corrected chi connectivity index (χ2v) is 20.4. The number of hydrogen-bond donors (Lipinski definition) is 0. The molecule has 9 aromatic rings. The summed E-state index contributed by atoms with van der Waals surface area (Å²) in [6.45, 7) is 0. The summed E-state index contributed by atoms with van der Waals surface area (Å²) in [4.78, 5) is 0. The van der Waals surface area contributed by atoms with Gasteiger partial charge >= 0.3 is 44.8 Å². The second kappa shape index (κ2) is 21.7. The van der Waals surface area contributed by atoms with E-state index in [-0.39, 0.29) is 44.8 Å². The van der Waals surface area contributed by atoms with Gasteiger partial charge in [-0.2, -0.15) is 0 Å². The Morgan fingerprint density at radius 3 is 1.44 bits per heavy atom. The Bertz CT molecular complexity index is 2980. The van der Waals surface area contributed by atoms with E-state index in [1.165, 1.54) is 72.8 Å². The third-order valence-corrected chi connectivity index (χ3v) is 18.2. The summed E-state index contributed by atoms with van der Waals surface area (Å²) >= 11 is 0. The van der Waals surface area contributed by atoms with Gasteiger partial charge in [-0.25, -0.2) is 0 Å². The number of aryl methyl sites for hydroxylation is 2. The van der Waals surface area contributed by atoms with E-state index in [0.717, 1.165) is 16.6 Å². The monoisotopic (exact) mass is 1190 g/mol. The zero-order chi connectivity index (χ0) is 40.6. The zero-order valence-electron chi connectivity index (χ0n) is 34.1. The standard InChI is InChI=1S/C25H24P2.2C15H10N.2Au/c1-5-13-22(14-6-1)26(23-15-7-2-8-16-23)21-27(24-17-9-3-10-18-24)25-19-11-4-12-20-25;1-3-11-8-9-15-13(10-11)12-6-4-5-7-14(12)16(15)2;1-3-11-8-9-13-12-6-4-5-7-14(12)16(2)15(13)10-11;;/h1-3,5-11,13-20H,4,12,21H2;2*4-10H,2H3;;/q;2*-1;2*+1/p+2. The van der Waals surface area contributed by atoms with E-state index < -0.39 is 15.8 Å². The van der Waals surface area contributed by atoms with Gasteiger partial charge in [-0.05, 0) is 78.9 Å². The minimum absolute atomic E-state index is 0. The fourth-order valence-corrected chi connectivity index (χ4v) is 16.0. The van der Waals surface area contributed by atoms with E-state index in [9.17, 15) is 0 Å². The van der Waals surface area contributed by atoms with Crippen LogP contribution in [0, 0.1) is 24.7 Å². The number of allylic oxidation sites excluding steroid dienone is 4. The summed E-state index contributed by atoms with van der Waals surface area (Å²) in [5, 5.41) is 11.1. The first-order chi connectivity index (χ1) is 29.0. The van der Waals surface area contributed by atoms with Crippen LogP contribution in [0.15, 0.2) is 199 Å². The van der Waals surface area contributed by atoms with E-state index in [4.69, 9.17) is 12.8 Å². The molecule has 306 valence electrons. The van der Waals surface area contributed by atoms with Gasteiger partial charge in [0.2, 0.25) is 0 Å². The third-order valence-electron chi connectivity index (χ3n) is 11.2. The molecule has 7 aromatic carbocycles. The molecule has 0 saturated carbocycles. The van der Waals surface area contributed by atoms with Crippen LogP contribution in [-0.4, -0.2) is 15.0 Å². The zero-order valence-corrected chi connectivity index (χ0v) is 40.4. The number of hydrogen-bond acceptors (Lipinski definition) is 0. The van der Waals surface area contributed by atoms with Crippen LogP contribution < -0.4 is 15.9 Å². The minimum atomic E-state index is -0.823. The summed E-state index contributed by atoms with van der Waals surface area (Å²) in [7, 11) is 2.50. The van der Waals surface area contributed by atoms with E-state index in [0.29, 0.717) is 0 Å². The maximum atomic E-state index is 7.18. The van der Waals surface area contributed by atoms with Crippen LogP contribution in [0.25, 0.3) is 43.6 Å². The minimum Gasteiger partial charge on any atom is -0.366 e. The number of benzene rings is 7. The summed E-state index contributed by atoms with van der Waals surface area (Å²) < 4.78 is 4.34. The Morgan fingerprint density at radius 1 is 0.459 bits per heavy atom. The molecule has 0 fully saturated rings. The molecule has 1 aliphatic rings. The molecule has 0 aliphatic heterocycles. The molecule has 1 unspecified atom stereocenters. The van der Waals surface area contributed by atoms with Crippen LogP contribution in [0.1, 0.15) is 24.0 Å². The predicted octanol–water partition coefficient (Wildman–Crippen LogP) is 12.1. The molecular weight excluding hydrogens is 1140 g/mol. The Kier molecular flexibility index (Phi) is 16.3. The van der Waals surface area contributed by atoms with E-state index in [1.54, 1.807) is 5.31 Å². The van der Waals surface area contributed by atoms with Crippen LogP contribution in [0.4, 0.5) is 0 Å². The van der Waals surface area contributed by atoms with Gasteiger partial charge in [-0.1, -0.05) is 109 Å². The first-order valence-corrected chi connectivity index (χ1v) is 23.5. The molecule has 10 rings (SSSR count). The normalized spacial score (nSPS) is 12.2. The quantitative estimate of drug-likeness (QED) is 0.0680. The van der Waals surface area contributed by atoms with Crippen molar-refractivity contribution >= 4 is 75.4 Å². The van der Waals surface area contributed by atoms with Crippen LogP contribution in [0.2, 0.25) is 0 Å². The number of rotatable bonds is 6. The van der Waals surface area contributed by atoms with Gasteiger partial charge in [0.1, 0.15) is 31.8 Å². The van der Waals surface area contributed by atoms with Crippen LogP contribution >= 0.6 is 15.8 Å². The molecule has 2 nitrogen and oxygen atoms in total. The molecule has 0 bridgehead atoms. The van der Waals surface area contributed by atoms with Gasteiger partial charge in [0.15, 0.2) is 5.90 Å². The van der Waals surface area contributed by atoms with Crippen LogP contribution in [0.5, 0.6) is 0 Å². The van der Waals surface area contributed by atoms with E-state index in [1.807, 2.05) is 48.5 Å². The Morgan fingerprint density at radius 2 is 0.902 bits per heavy atom. The van der Waals surface area contributed by atoms with Gasteiger partial charge in [0, 0.05) is 52.3 Å². The fraction of sp³-hybridized carbons (Fsp3) is 0.0909. The van der Waals surface area contributed by atoms with E-state index in [2.05, 4.69) is 181 Å². The molecule has 1 aliphatic carbocycles. The molecule has 0 radical (unpaired) electrons. The SMILES string of the molecule is C1=CC([PH+](C[PH+](c2ccccc2)c2ccccc2)c2ccccc2)=CCC1.[Au+].[Au+].[C-]#Cc1ccc2c(c1)c1ccccc1n2C.[C-]#Cc1ccc2c3ccccc3n(C)c2c1. The van der Waals surface area contributed by atoms with E-state index >= 15 is 0 Å². The van der Waals surface area contributed by atoms with Crippen molar-refractivity contribution in [3.63, 3.8) is 0 Å². The van der Waals surface area contributed by atoms with Gasteiger partial charge in [-0.3, -0.25) is 11.8 Å². The smallest absolute Gasteiger partial charge is 0.366 e. The maximum absolute atomic E-state index is 7.18. The van der Waals surface area contributed by atoms with Crippen molar-refractivity contribution < 1.29 is 44.8 Å².